The Labute approximate surface area is 657 Å². The number of aryl methyl sites for hydroxylation is 1. The number of nitrogens with one attached hydrogen (secondary N) is 1. The standard InChI is InChI=1S/C22H44N2.C20H40N2.C18H36N2.C13H24N2.2C10H20N2/c1-3-5-7-9-11-13-15-17-19-24-21-20-23(22-24)18-16-14-12-10-8-6-4-2;1-3-5-7-9-11-13-15-17-22-19-18-21(20-22)16-14-12-10-8-6-4-2;1-3-5-7-9-11-13-15-20-17-16-19(18-20)14-12-10-8-6-4-2;1-2-3-4-5-6-7-8-9-11-15-12-10-14-13-15;1-3-4-5-6-7-12-9-8-11(2)10-12;1-2-3-4-5-6-8-12-9-7-11-10-12/h20-21H,3-19,22H2,1-2H3;18-19H,3-17,20H2,1-2H3;16-17H,3-15,18H2,1-2H3;10,12-13H,2-9,11H2,1H3;8-9H,3-7,10H2,1-2H3;7,9,11H,2-6,8,10H2,1H3. The van der Waals surface area contributed by atoms with Crippen LogP contribution < -0.4 is 5.32 Å². The number of rotatable bonds is 65. The van der Waals surface area contributed by atoms with Crippen molar-refractivity contribution >= 4 is 0 Å². The predicted molar refractivity (Wildman–Crippen MR) is 466 cm³/mol. The molecule has 0 atom stereocenters. The van der Waals surface area contributed by atoms with Crippen LogP contribution in [-0.2, 0) is 6.54 Å². The summed E-state index contributed by atoms with van der Waals surface area (Å²) < 4.78 is 2.16. The molecule has 0 aromatic carbocycles. The van der Waals surface area contributed by atoms with Crippen LogP contribution in [0, 0.1) is 0 Å². The summed E-state index contributed by atoms with van der Waals surface area (Å²) in [5.74, 6) is 0. The summed E-state index contributed by atoms with van der Waals surface area (Å²) in [6, 6.07) is 0. The number of hydrogen-bond donors (Lipinski definition) is 1. The van der Waals surface area contributed by atoms with Crippen molar-refractivity contribution < 1.29 is 0 Å². The number of unbranched alkanes of at least 4 members (excludes halogenated alkanes) is 47. The van der Waals surface area contributed by atoms with Crippen molar-refractivity contribution in [1.29, 1.82) is 0 Å². The minimum absolute atomic E-state index is 1.01. The van der Waals surface area contributed by atoms with Gasteiger partial charge < -0.3 is 54.0 Å². The Morgan fingerprint density at radius 3 is 0.648 bits per heavy atom. The van der Waals surface area contributed by atoms with E-state index in [4.69, 9.17) is 0 Å². The fourth-order valence-corrected chi connectivity index (χ4v) is 14.3. The maximum absolute atomic E-state index is 4.03. The van der Waals surface area contributed by atoms with Gasteiger partial charge in [-0.05, 0) is 57.8 Å². The first-order valence-electron chi connectivity index (χ1n) is 46.5. The lowest BCUT2D eigenvalue weighted by atomic mass is 10.1. The van der Waals surface area contributed by atoms with Gasteiger partial charge in [0.1, 0.15) is 0 Å². The van der Waals surface area contributed by atoms with Crippen LogP contribution in [0.2, 0.25) is 0 Å². The van der Waals surface area contributed by atoms with Gasteiger partial charge in [-0.2, -0.15) is 0 Å². The van der Waals surface area contributed by atoms with Crippen LogP contribution in [0.5, 0.6) is 0 Å². The van der Waals surface area contributed by atoms with Gasteiger partial charge in [-0.25, -0.2) is 4.98 Å². The summed E-state index contributed by atoms with van der Waals surface area (Å²) in [4.78, 5) is 25.9. The highest BCUT2D eigenvalue weighted by molar-refractivity contribution is 4.93. The van der Waals surface area contributed by atoms with E-state index in [0.29, 0.717) is 0 Å². The summed E-state index contributed by atoms with van der Waals surface area (Å²) >= 11 is 0. The Bertz CT molecular complexity index is 1990. The van der Waals surface area contributed by atoms with Gasteiger partial charge in [-0.3, -0.25) is 0 Å². The molecule has 616 valence electrons. The Morgan fingerprint density at radius 1 is 0.229 bits per heavy atom. The van der Waals surface area contributed by atoms with Gasteiger partial charge in [0.25, 0.3) is 0 Å². The summed E-state index contributed by atoms with van der Waals surface area (Å²) in [6.07, 6.45) is 106. The van der Waals surface area contributed by atoms with Gasteiger partial charge in [0.05, 0.1) is 39.7 Å². The van der Waals surface area contributed by atoms with Crippen LogP contribution in [-0.4, -0.2) is 146 Å². The molecule has 0 saturated heterocycles. The van der Waals surface area contributed by atoms with Crippen LogP contribution in [0.1, 0.15) is 422 Å². The molecule has 0 saturated carbocycles. The van der Waals surface area contributed by atoms with Gasteiger partial charge in [0.2, 0.25) is 0 Å². The highest BCUT2D eigenvalue weighted by atomic mass is 15.4. The van der Waals surface area contributed by atoms with Crippen LogP contribution in [0.25, 0.3) is 0 Å². The Hall–Kier alpha value is -4.09. The second-order valence-electron chi connectivity index (χ2n) is 32.1. The third-order valence-electron chi connectivity index (χ3n) is 21.4. The third-order valence-corrected chi connectivity index (χ3v) is 21.4. The van der Waals surface area contributed by atoms with Gasteiger partial charge in [-0.15, -0.1) is 0 Å². The zero-order chi connectivity index (χ0) is 75.9. The van der Waals surface area contributed by atoms with E-state index >= 15 is 0 Å². The quantitative estimate of drug-likeness (QED) is 0.0635. The fraction of sp³-hybridized carbons (Fsp3) is 0.860. The van der Waals surface area contributed by atoms with Gasteiger partial charge in [0, 0.05) is 140 Å². The molecule has 1 aromatic rings. The Morgan fingerprint density at radius 2 is 0.438 bits per heavy atom. The van der Waals surface area contributed by atoms with Crippen molar-refractivity contribution in [2.45, 2.75) is 428 Å². The van der Waals surface area contributed by atoms with Crippen molar-refractivity contribution in [2.75, 3.05) is 92.7 Å². The minimum atomic E-state index is 1.01. The van der Waals surface area contributed by atoms with Gasteiger partial charge >= 0.3 is 0 Å². The molecule has 6 heterocycles. The number of nitrogens with zero attached hydrogens (tertiary/aromatic N) is 11. The Kier molecular flexibility index (Phi) is 74.9. The second-order valence-corrected chi connectivity index (χ2v) is 32.1. The lowest BCUT2D eigenvalue weighted by molar-refractivity contribution is 0.257. The first-order chi connectivity index (χ1) is 51.8. The zero-order valence-corrected chi connectivity index (χ0v) is 72.4. The zero-order valence-electron chi connectivity index (χ0n) is 72.4. The summed E-state index contributed by atoms with van der Waals surface area (Å²) in [5, 5.41) is 3.17. The van der Waals surface area contributed by atoms with Crippen LogP contribution in [0.15, 0.2) is 80.7 Å². The highest BCUT2D eigenvalue weighted by Crippen LogP contribution is 2.19. The lowest BCUT2D eigenvalue weighted by Gasteiger charge is -2.21. The van der Waals surface area contributed by atoms with E-state index in [-0.39, 0.29) is 0 Å². The van der Waals surface area contributed by atoms with E-state index in [9.17, 15) is 0 Å². The molecule has 0 spiro atoms. The first-order valence-corrected chi connectivity index (χ1v) is 46.5. The summed E-state index contributed by atoms with van der Waals surface area (Å²) in [5.41, 5.74) is 0. The fourth-order valence-electron chi connectivity index (χ4n) is 14.3. The molecule has 1 aromatic heterocycles. The average Bonchev–Trinajstić information content (AvgIpc) is 1.85. The van der Waals surface area contributed by atoms with Crippen molar-refractivity contribution in [2.24, 2.45) is 0 Å². The van der Waals surface area contributed by atoms with Crippen molar-refractivity contribution in [3.63, 3.8) is 0 Å². The van der Waals surface area contributed by atoms with E-state index < -0.39 is 0 Å². The average molecular weight is 1470 g/mol. The topological polar surface area (TPSA) is 59.0 Å². The molecule has 0 radical (unpaired) electrons. The second kappa shape index (κ2) is 79.5. The molecule has 5 aliphatic rings. The molecule has 0 amide bonds. The first kappa shape index (κ1) is 98.9. The summed E-state index contributed by atoms with van der Waals surface area (Å²) in [6.45, 7) is 37.0. The minimum Gasteiger partial charge on any atom is -0.373 e. The van der Waals surface area contributed by atoms with Gasteiger partial charge in [0.15, 0.2) is 0 Å². The number of aromatic nitrogens is 2. The molecule has 1 N–H and O–H groups in total. The molecule has 0 fully saturated rings. The molecule has 0 unspecified atom stereocenters. The maximum Gasteiger partial charge on any atom is 0.0945 e. The summed E-state index contributed by atoms with van der Waals surface area (Å²) in [7, 11) is 2.11. The molecular formula is C93H184N12. The van der Waals surface area contributed by atoms with Crippen LogP contribution >= 0.6 is 0 Å². The number of hydrogen-bond acceptors (Lipinski definition) is 11. The normalized spacial score (nSPS) is 14.1. The lowest BCUT2D eigenvalue weighted by Crippen LogP contribution is -2.26. The number of imidazole rings is 1. The van der Waals surface area contributed by atoms with E-state index in [1.165, 1.54) is 412 Å². The van der Waals surface area contributed by atoms with Crippen molar-refractivity contribution in [1.82, 2.24) is 59.0 Å². The van der Waals surface area contributed by atoms with Crippen LogP contribution in [0.3, 0.4) is 0 Å². The highest BCUT2D eigenvalue weighted by Gasteiger charge is 2.14. The monoisotopic (exact) mass is 1470 g/mol. The molecule has 0 aliphatic carbocycles. The SMILES string of the molecule is CCCCCCCCCCN1C=CN(CCCCCCCCC)C1.CCCCCCCCCCn1ccnc1.CCCCCCCCCN1C=CN(CCCCCCCC)C1.CCCCCCCCN1C=CN(CCCCCCC)C1.CCCCCCCN1C=CNC1.CCCCCCN1C=CN(C)C1. The van der Waals surface area contributed by atoms with Crippen LogP contribution in [0.4, 0.5) is 0 Å². The molecule has 6 rings (SSSR count). The predicted octanol–water partition coefficient (Wildman–Crippen LogP) is 27.0. The van der Waals surface area contributed by atoms with Crippen molar-refractivity contribution in [3.8, 4) is 0 Å². The molecule has 0 bridgehead atoms. The van der Waals surface area contributed by atoms with E-state index in [2.05, 4.69) is 184 Å². The molecule has 12 nitrogen and oxygen atoms in total. The van der Waals surface area contributed by atoms with E-state index in [1.54, 1.807) is 0 Å². The van der Waals surface area contributed by atoms with Gasteiger partial charge in [-0.1, -0.05) is 364 Å². The molecular weight excluding hydrogens is 1290 g/mol. The molecule has 105 heavy (non-hydrogen) atoms. The molecule has 12 heteroatoms. The molecule has 5 aliphatic heterocycles. The van der Waals surface area contributed by atoms with Crippen molar-refractivity contribution in [3.05, 3.63) is 80.7 Å². The van der Waals surface area contributed by atoms with E-state index in [0.717, 1.165) is 39.9 Å². The smallest absolute Gasteiger partial charge is 0.0945 e. The maximum atomic E-state index is 4.03. The largest absolute Gasteiger partial charge is 0.373 e. The Balaban J connectivity index is 0.000000641. The van der Waals surface area contributed by atoms with E-state index in [1.807, 2.05) is 24.9 Å². The third kappa shape index (κ3) is 66.6.